The average molecular weight is 353 g/mol. The van der Waals surface area contributed by atoms with Crippen LogP contribution in [0.4, 0.5) is 0 Å². The highest BCUT2D eigenvalue weighted by Crippen LogP contribution is 2.32. The van der Waals surface area contributed by atoms with E-state index in [1.165, 1.54) is 24.1 Å². The number of hydrogen-bond acceptors (Lipinski definition) is 1. The van der Waals surface area contributed by atoms with Crippen LogP contribution in [0, 0.1) is 29.6 Å². The molecule has 144 valence electrons. The minimum absolute atomic E-state index is 0.286. The van der Waals surface area contributed by atoms with Crippen molar-refractivity contribution in [3.63, 3.8) is 0 Å². The molecule has 0 aromatic carbocycles. The number of terminal acetylenes is 1. The Morgan fingerprint density at radius 2 is 2.12 bits per heavy atom. The van der Waals surface area contributed by atoms with Gasteiger partial charge in [0.25, 0.3) is 0 Å². The first kappa shape index (κ1) is 22.7. The van der Waals surface area contributed by atoms with Gasteiger partial charge in [0, 0.05) is 17.6 Å². The molecule has 1 rings (SSSR count). The maximum Gasteiger partial charge on any atom is 0.146 e. The first-order valence-electron chi connectivity index (χ1n) is 10.5. The Morgan fingerprint density at radius 3 is 2.62 bits per heavy atom. The van der Waals surface area contributed by atoms with Crippen LogP contribution in [0.5, 0.6) is 0 Å². The molecule has 1 N–H and O–H groups in total. The van der Waals surface area contributed by atoms with Crippen LogP contribution in [0.15, 0.2) is 36.1 Å². The van der Waals surface area contributed by atoms with Gasteiger partial charge in [0.15, 0.2) is 0 Å². The number of hydrogen-bond donors (Lipinski definition) is 1. The molecule has 2 heteroatoms. The fraction of sp³-hybridized carbons (Fsp3) is 0.667. The molecule has 0 bridgehead atoms. The topological polar surface area (TPSA) is 12.0 Å². The van der Waals surface area contributed by atoms with Crippen molar-refractivity contribution in [1.29, 1.82) is 0 Å². The summed E-state index contributed by atoms with van der Waals surface area (Å²) in [6, 6.07) is 0. The van der Waals surface area contributed by atoms with E-state index >= 15 is 0 Å². The van der Waals surface area contributed by atoms with E-state index in [4.69, 9.17) is 6.42 Å². The lowest BCUT2D eigenvalue weighted by molar-refractivity contribution is 0.254. The highest BCUT2D eigenvalue weighted by Gasteiger charge is 2.24. The lowest BCUT2D eigenvalue weighted by atomic mass is 9.69. The quantitative estimate of drug-likeness (QED) is 0.352. The first-order valence-corrected chi connectivity index (χ1v) is 10.5. The molecular formula is C24H40BN. The van der Waals surface area contributed by atoms with E-state index in [0.717, 1.165) is 39.4 Å². The SMILES string of the molecule is C#CC(CC(C)(C)C)C(CC)CCC(=C)NC(BC)CC1=CCCC=C1. The molecule has 0 heterocycles. The maximum absolute atomic E-state index is 5.87. The van der Waals surface area contributed by atoms with Gasteiger partial charge in [-0.25, -0.2) is 0 Å². The van der Waals surface area contributed by atoms with Crippen LogP contribution in [0.25, 0.3) is 0 Å². The predicted molar refractivity (Wildman–Crippen MR) is 120 cm³/mol. The van der Waals surface area contributed by atoms with Gasteiger partial charge in [-0.3, -0.25) is 0 Å². The van der Waals surface area contributed by atoms with Gasteiger partial charge in [-0.2, -0.15) is 0 Å². The van der Waals surface area contributed by atoms with Crippen molar-refractivity contribution in [3.8, 4) is 12.3 Å². The van der Waals surface area contributed by atoms with E-state index in [1.54, 1.807) is 0 Å². The fourth-order valence-electron chi connectivity index (χ4n) is 3.83. The van der Waals surface area contributed by atoms with Gasteiger partial charge in [0.1, 0.15) is 7.28 Å². The summed E-state index contributed by atoms with van der Waals surface area (Å²) in [6.07, 6.45) is 20.7. The van der Waals surface area contributed by atoms with E-state index in [2.05, 4.69) is 70.6 Å². The zero-order valence-electron chi connectivity index (χ0n) is 17.9. The normalized spacial score (nSPS) is 17.6. The second kappa shape index (κ2) is 11.4. The van der Waals surface area contributed by atoms with E-state index in [-0.39, 0.29) is 5.41 Å². The van der Waals surface area contributed by atoms with Crippen LogP contribution >= 0.6 is 0 Å². The Balaban J connectivity index is 2.50. The van der Waals surface area contributed by atoms with E-state index in [1.807, 2.05) is 0 Å². The lowest BCUT2D eigenvalue weighted by Crippen LogP contribution is -2.33. The highest BCUT2D eigenvalue weighted by atomic mass is 14.9. The Morgan fingerprint density at radius 1 is 1.38 bits per heavy atom. The van der Waals surface area contributed by atoms with Gasteiger partial charge >= 0.3 is 0 Å². The lowest BCUT2D eigenvalue weighted by Gasteiger charge is -2.29. The molecule has 1 aliphatic carbocycles. The van der Waals surface area contributed by atoms with Crippen LogP contribution < -0.4 is 5.32 Å². The van der Waals surface area contributed by atoms with Crippen LogP contribution in [0.1, 0.15) is 72.6 Å². The molecule has 0 fully saturated rings. The van der Waals surface area contributed by atoms with Crippen LogP contribution in [-0.4, -0.2) is 13.2 Å². The molecule has 0 amide bonds. The fourth-order valence-corrected chi connectivity index (χ4v) is 3.83. The van der Waals surface area contributed by atoms with E-state index in [0.29, 0.717) is 17.8 Å². The molecule has 1 nitrogen and oxygen atoms in total. The van der Waals surface area contributed by atoms with Gasteiger partial charge < -0.3 is 5.32 Å². The number of allylic oxidation sites excluding steroid dienone is 4. The van der Waals surface area contributed by atoms with Crippen molar-refractivity contribution in [2.75, 3.05) is 0 Å². The molecule has 0 saturated heterocycles. The molecule has 0 aromatic heterocycles. The Kier molecular flexibility index (Phi) is 9.93. The van der Waals surface area contributed by atoms with Crippen molar-refractivity contribution in [2.24, 2.45) is 17.3 Å². The zero-order valence-corrected chi connectivity index (χ0v) is 17.9. The summed E-state index contributed by atoms with van der Waals surface area (Å²) in [5.41, 5.74) is 2.92. The summed E-state index contributed by atoms with van der Waals surface area (Å²) in [6.45, 7) is 15.7. The Hall–Kier alpha value is -1.36. The van der Waals surface area contributed by atoms with Crippen molar-refractivity contribution < 1.29 is 0 Å². The second-order valence-corrected chi connectivity index (χ2v) is 9.06. The smallest absolute Gasteiger partial charge is 0.146 e. The zero-order chi connectivity index (χ0) is 19.6. The summed E-state index contributed by atoms with van der Waals surface area (Å²) >= 11 is 0. The van der Waals surface area contributed by atoms with Crippen molar-refractivity contribution in [2.45, 2.75) is 85.4 Å². The largest absolute Gasteiger partial charge is 0.393 e. The van der Waals surface area contributed by atoms with Gasteiger partial charge in [-0.05, 0) is 49.9 Å². The minimum atomic E-state index is 0.286. The molecule has 0 radical (unpaired) electrons. The van der Waals surface area contributed by atoms with Gasteiger partial charge in [0.2, 0.25) is 0 Å². The third-order valence-electron chi connectivity index (χ3n) is 5.41. The van der Waals surface area contributed by atoms with Crippen molar-refractivity contribution >= 4 is 7.28 Å². The highest BCUT2D eigenvalue weighted by molar-refractivity contribution is 6.35. The summed E-state index contributed by atoms with van der Waals surface area (Å²) in [5.74, 6) is 4.51. The first-order chi connectivity index (χ1) is 12.3. The van der Waals surface area contributed by atoms with Crippen LogP contribution in [0.2, 0.25) is 6.82 Å². The molecule has 0 aliphatic heterocycles. The van der Waals surface area contributed by atoms with Gasteiger partial charge in [-0.1, -0.05) is 71.3 Å². The molecule has 0 aromatic rings. The monoisotopic (exact) mass is 353 g/mol. The number of rotatable bonds is 11. The van der Waals surface area contributed by atoms with Crippen LogP contribution in [-0.2, 0) is 0 Å². The predicted octanol–water partition coefficient (Wildman–Crippen LogP) is 6.06. The van der Waals surface area contributed by atoms with Gasteiger partial charge in [-0.15, -0.1) is 12.3 Å². The van der Waals surface area contributed by atoms with Gasteiger partial charge in [0.05, 0.1) is 0 Å². The Labute approximate surface area is 164 Å². The second-order valence-electron chi connectivity index (χ2n) is 9.06. The molecule has 0 spiro atoms. The van der Waals surface area contributed by atoms with Crippen LogP contribution in [0.3, 0.4) is 0 Å². The third-order valence-corrected chi connectivity index (χ3v) is 5.41. The maximum atomic E-state index is 5.87. The summed E-state index contributed by atoms with van der Waals surface area (Å²) < 4.78 is 0. The third kappa shape index (κ3) is 8.84. The van der Waals surface area contributed by atoms with E-state index < -0.39 is 0 Å². The van der Waals surface area contributed by atoms with Crippen molar-refractivity contribution in [1.82, 2.24) is 5.32 Å². The average Bonchev–Trinajstić information content (AvgIpc) is 2.60. The molecule has 26 heavy (non-hydrogen) atoms. The summed E-state index contributed by atoms with van der Waals surface area (Å²) in [7, 11) is 1.12. The minimum Gasteiger partial charge on any atom is -0.393 e. The molecule has 1 aliphatic rings. The molecule has 0 saturated carbocycles. The molecule has 3 unspecified atom stereocenters. The molecular weight excluding hydrogens is 313 g/mol. The summed E-state index contributed by atoms with van der Waals surface area (Å²) in [5, 5.41) is 3.68. The van der Waals surface area contributed by atoms with E-state index in [9.17, 15) is 0 Å². The van der Waals surface area contributed by atoms with Crippen molar-refractivity contribution in [3.05, 3.63) is 36.1 Å². The Bertz CT molecular complexity index is 529. The summed E-state index contributed by atoms with van der Waals surface area (Å²) in [4.78, 5) is 0. The standard InChI is InChI=1S/C24H40BN/c1-8-21(22(9-2)18-24(4,5)6)16-15-19(3)26-23(25-7)17-20-13-11-10-12-14-20/h2,11,13-14,21-23,25-26H,3,8,10,12,15-18H2,1,4-7H3. The molecule has 3 atom stereocenters. The number of nitrogens with one attached hydrogen (secondary N) is 1.